The van der Waals surface area contributed by atoms with Gasteiger partial charge in [0.05, 0.1) is 5.75 Å². The highest BCUT2D eigenvalue weighted by molar-refractivity contribution is 8.16. The van der Waals surface area contributed by atoms with E-state index in [1.54, 1.807) is 0 Å². The first-order valence-electron chi connectivity index (χ1n) is 3.77. The Bertz CT molecular complexity index is 138. The van der Waals surface area contributed by atoms with Crippen LogP contribution in [0, 0.1) is 0 Å². The van der Waals surface area contributed by atoms with Crippen LogP contribution in [-0.2, 0) is 4.79 Å². The molecule has 0 aliphatic heterocycles. The van der Waals surface area contributed by atoms with Gasteiger partial charge in [-0.15, -0.1) is 0 Å². The van der Waals surface area contributed by atoms with Gasteiger partial charge >= 0.3 is 0 Å². The molecule has 0 saturated heterocycles. The number of thiol groups is 1. The molecule has 3 heteroatoms. The average Bonchev–Trinajstić information content (AvgIpc) is 1.53. The molecule has 0 rings (SSSR count). The van der Waals surface area contributed by atoms with E-state index in [0.717, 1.165) is 0 Å². The Morgan fingerprint density at radius 3 is 2.09 bits per heavy atom. The van der Waals surface area contributed by atoms with E-state index in [9.17, 15) is 4.79 Å². The van der Waals surface area contributed by atoms with Gasteiger partial charge in [-0.1, -0.05) is 0 Å². The first-order valence-corrected chi connectivity index (χ1v) is 6.19. The molecule has 0 aromatic heterocycles. The normalized spacial score (nSPS) is 12.6. The van der Waals surface area contributed by atoms with Crippen LogP contribution in [-0.4, -0.2) is 29.7 Å². The van der Waals surface area contributed by atoms with E-state index in [4.69, 9.17) is 0 Å². The Hall–Kier alpha value is -0.180. The first-order chi connectivity index (χ1) is 4.81. The second-order valence-electron chi connectivity index (χ2n) is 4.04. The number of rotatable bonds is 2. The molecular weight excluding hydrogens is 158 g/mol. The molecule has 0 aromatic carbocycles. The highest BCUT2D eigenvalue weighted by atomic mass is 32.2. The van der Waals surface area contributed by atoms with Crippen LogP contribution in [0.3, 0.4) is 0 Å². The molecule has 68 valence electrons. The third kappa shape index (κ3) is 7.72. The minimum Gasteiger partial charge on any atom is -0.351 e. The molecule has 0 bridgehead atoms. The SMILES string of the molecule is C[SH](C)CC(=O)NC(C)(C)C. The van der Waals surface area contributed by atoms with Crippen LogP contribution in [0.1, 0.15) is 20.8 Å². The van der Waals surface area contributed by atoms with Crippen LogP contribution in [0.15, 0.2) is 0 Å². The Morgan fingerprint density at radius 2 is 1.82 bits per heavy atom. The molecule has 1 amide bonds. The summed E-state index contributed by atoms with van der Waals surface area (Å²) >= 11 is 0. The lowest BCUT2D eigenvalue weighted by Crippen LogP contribution is -2.41. The highest BCUT2D eigenvalue weighted by Gasteiger charge is 2.13. The van der Waals surface area contributed by atoms with Gasteiger partial charge < -0.3 is 5.32 Å². The molecule has 0 aromatic rings. The van der Waals surface area contributed by atoms with E-state index in [1.165, 1.54) is 0 Å². The van der Waals surface area contributed by atoms with Crippen LogP contribution in [0.4, 0.5) is 0 Å². The summed E-state index contributed by atoms with van der Waals surface area (Å²) < 4.78 is 0. The zero-order valence-corrected chi connectivity index (χ0v) is 8.96. The summed E-state index contributed by atoms with van der Waals surface area (Å²) in [6, 6.07) is 0. The largest absolute Gasteiger partial charge is 0.351 e. The van der Waals surface area contributed by atoms with Crippen molar-refractivity contribution in [3.8, 4) is 0 Å². The van der Waals surface area contributed by atoms with Crippen molar-refractivity contribution in [2.75, 3.05) is 18.3 Å². The van der Waals surface area contributed by atoms with Crippen molar-refractivity contribution in [1.82, 2.24) is 5.32 Å². The molecule has 0 heterocycles. The van der Waals surface area contributed by atoms with E-state index in [-0.39, 0.29) is 22.3 Å². The van der Waals surface area contributed by atoms with Gasteiger partial charge in [-0.05, 0) is 33.3 Å². The zero-order chi connectivity index (χ0) is 9.07. The summed E-state index contributed by atoms with van der Waals surface area (Å²) in [4.78, 5) is 11.2. The maximum Gasteiger partial charge on any atom is 0.228 e. The molecule has 0 fully saturated rings. The van der Waals surface area contributed by atoms with Crippen LogP contribution >= 0.6 is 10.9 Å². The number of hydrogen-bond donors (Lipinski definition) is 2. The van der Waals surface area contributed by atoms with Gasteiger partial charge in [0, 0.05) is 5.54 Å². The van der Waals surface area contributed by atoms with Crippen LogP contribution in [0.5, 0.6) is 0 Å². The van der Waals surface area contributed by atoms with Crippen LogP contribution in [0.25, 0.3) is 0 Å². The van der Waals surface area contributed by atoms with Gasteiger partial charge in [0.15, 0.2) is 0 Å². The average molecular weight is 177 g/mol. The Balaban J connectivity index is 3.71. The molecule has 0 aliphatic carbocycles. The molecule has 0 aliphatic rings. The van der Waals surface area contributed by atoms with Crippen molar-refractivity contribution in [2.24, 2.45) is 0 Å². The minimum absolute atomic E-state index is 0.0809. The van der Waals surface area contributed by atoms with Gasteiger partial charge in [0.1, 0.15) is 0 Å². The summed E-state index contributed by atoms with van der Waals surface area (Å²) in [5.41, 5.74) is -0.0809. The van der Waals surface area contributed by atoms with Gasteiger partial charge in [-0.2, -0.15) is 0 Å². The van der Waals surface area contributed by atoms with Crippen molar-refractivity contribution in [3.63, 3.8) is 0 Å². The van der Waals surface area contributed by atoms with Gasteiger partial charge in [-0.3, -0.25) is 15.7 Å². The number of amides is 1. The Kier molecular flexibility index (Phi) is 3.93. The lowest BCUT2D eigenvalue weighted by molar-refractivity contribution is -0.119. The van der Waals surface area contributed by atoms with Crippen molar-refractivity contribution < 1.29 is 4.79 Å². The summed E-state index contributed by atoms with van der Waals surface area (Å²) in [6.45, 7) is 6.00. The summed E-state index contributed by atoms with van der Waals surface area (Å²) in [5, 5.41) is 2.93. The van der Waals surface area contributed by atoms with Crippen molar-refractivity contribution in [3.05, 3.63) is 0 Å². The van der Waals surface area contributed by atoms with E-state index >= 15 is 0 Å². The summed E-state index contributed by atoms with van der Waals surface area (Å²) in [7, 11) is -0.105. The molecule has 11 heavy (non-hydrogen) atoms. The van der Waals surface area contributed by atoms with E-state index in [0.29, 0.717) is 5.75 Å². The maximum absolute atomic E-state index is 11.2. The predicted octanol–water partition coefficient (Wildman–Crippen LogP) is 1.16. The number of carbonyl (C=O) groups excluding carboxylic acids is 1. The third-order valence-corrected chi connectivity index (χ3v) is 1.89. The van der Waals surface area contributed by atoms with E-state index < -0.39 is 0 Å². The Labute approximate surface area is 72.1 Å². The quantitative estimate of drug-likeness (QED) is 0.609. The smallest absolute Gasteiger partial charge is 0.228 e. The van der Waals surface area contributed by atoms with Crippen molar-refractivity contribution >= 4 is 16.8 Å². The molecule has 1 N–H and O–H groups in total. The van der Waals surface area contributed by atoms with Gasteiger partial charge in [-0.25, -0.2) is 0 Å². The monoisotopic (exact) mass is 177 g/mol. The highest BCUT2D eigenvalue weighted by Crippen LogP contribution is 2.12. The fourth-order valence-corrected chi connectivity index (χ4v) is 1.40. The van der Waals surface area contributed by atoms with Gasteiger partial charge in [0.2, 0.25) is 5.91 Å². The number of hydrogen-bond acceptors (Lipinski definition) is 1. The fraction of sp³-hybridized carbons (Fsp3) is 0.875. The molecule has 0 saturated carbocycles. The zero-order valence-electron chi connectivity index (χ0n) is 8.06. The number of carbonyl (C=O) groups is 1. The molecule has 0 atom stereocenters. The Morgan fingerprint density at radius 1 is 1.36 bits per heavy atom. The third-order valence-electron chi connectivity index (χ3n) is 0.974. The van der Waals surface area contributed by atoms with Crippen LogP contribution < -0.4 is 5.32 Å². The maximum atomic E-state index is 11.2. The summed E-state index contributed by atoms with van der Waals surface area (Å²) in [5.74, 6) is 0.862. The predicted molar refractivity (Wildman–Crippen MR) is 53.6 cm³/mol. The molecule has 0 unspecified atom stereocenters. The molecule has 2 nitrogen and oxygen atoms in total. The molecule has 0 radical (unpaired) electrons. The molecular formula is C8H19NOS. The van der Waals surface area contributed by atoms with Crippen molar-refractivity contribution in [2.45, 2.75) is 26.3 Å². The van der Waals surface area contributed by atoms with E-state index in [2.05, 4.69) is 17.8 Å². The topological polar surface area (TPSA) is 29.1 Å². The first kappa shape index (κ1) is 10.8. The fourth-order valence-electron chi connectivity index (χ4n) is 0.745. The van der Waals surface area contributed by atoms with Crippen LogP contribution in [0.2, 0.25) is 0 Å². The number of nitrogens with one attached hydrogen (secondary N) is 1. The lowest BCUT2D eigenvalue weighted by atomic mass is 10.1. The van der Waals surface area contributed by atoms with E-state index in [1.807, 2.05) is 20.8 Å². The minimum atomic E-state index is -0.105. The second kappa shape index (κ2) is 4.00. The second-order valence-corrected chi connectivity index (χ2v) is 6.51. The standard InChI is InChI=1S/C8H19NOS/c1-8(2,3)9-7(10)6-11(4)5/h11H,6H2,1-5H3,(H,9,10). The van der Waals surface area contributed by atoms with Gasteiger partial charge in [0.25, 0.3) is 0 Å². The van der Waals surface area contributed by atoms with Crippen molar-refractivity contribution in [1.29, 1.82) is 0 Å². The summed E-state index contributed by atoms with van der Waals surface area (Å²) in [6.07, 6.45) is 4.22. The lowest BCUT2D eigenvalue weighted by Gasteiger charge is -2.21. The molecule has 0 spiro atoms.